The third kappa shape index (κ3) is 6.75. The van der Waals surface area contributed by atoms with Gasteiger partial charge < -0.3 is 25.6 Å². The summed E-state index contributed by atoms with van der Waals surface area (Å²) in [4.78, 5) is 30.3. The van der Waals surface area contributed by atoms with Crippen molar-refractivity contribution in [3.05, 3.63) is 29.8 Å². The van der Waals surface area contributed by atoms with Gasteiger partial charge in [-0.15, -0.1) is 0 Å². The summed E-state index contributed by atoms with van der Waals surface area (Å²) in [6, 6.07) is 7.95. The fourth-order valence-corrected chi connectivity index (χ4v) is 2.83. The van der Waals surface area contributed by atoms with Gasteiger partial charge in [0.2, 0.25) is 5.91 Å². The Hall–Kier alpha value is -2.77. The topological polar surface area (TPSA) is 95.1 Å². The molecule has 1 aromatic rings. The zero-order valence-electron chi connectivity index (χ0n) is 17.2. The molecule has 0 radical (unpaired) electrons. The minimum atomic E-state index is -0.525. The quantitative estimate of drug-likeness (QED) is 0.391. The minimum Gasteiger partial charge on any atom is -0.444 e. The highest BCUT2D eigenvalue weighted by Crippen LogP contribution is 2.27. The largest absolute Gasteiger partial charge is 0.444 e. The van der Waals surface area contributed by atoms with E-state index in [9.17, 15) is 9.59 Å². The van der Waals surface area contributed by atoms with E-state index >= 15 is 0 Å². The maximum atomic E-state index is 12.6. The van der Waals surface area contributed by atoms with E-state index in [0.717, 1.165) is 12.1 Å². The number of aliphatic imine (C=N–C) groups is 1. The molecule has 154 valence electrons. The summed E-state index contributed by atoms with van der Waals surface area (Å²) < 4.78 is 5.18. The van der Waals surface area contributed by atoms with E-state index in [0.29, 0.717) is 32.1 Å². The van der Waals surface area contributed by atoms with Crippen LogP contribution in [0.1, 0.15) is 33.3 Å². The van der Waals surface area contributed by atoms with Crippen molar-refractivity contribution >= 4 is 23.6 Å². The second kappa shape index (κ2) is 9.96. The molecule has 0 aromatic heterocycles. The minimum absolute atomic E-state index is 0.0333. The molecule has 1 aliphatic rings. The van der Waals surface area contributed by atoms with Gasteiger partial charge in [0.15, 0.2) is 5.96 Å². The second-order valence-corrected chi connectivity index (χ2v) is 7.47. The Balaban J connectivity index is 1.80. The molecule has 1 heterocycles. The van der Waals surface area contributed by atoms with Crippen molar-refractivity contribution in [1.29, 1.82) is 0 Å². The molecule has 0 unspecified atom stereocenters. The molecule has 8 heteroatoms. The molecule has 2 rings (SSSR count). The lowest BCUT2D eigenvalue weighted by molar-refractivity contribution is -0.117. The molecule has 0 saturated carbocycles. The van der Waals surface area contributed by atoms with Crippen LogP contribution in [-0.4, -0.2) is 56.3 Å². The van der Waals surface area contributed by atoms with Crippen LogP contribution >= 0.6 is 0 Å². The van der Waals surface area contributed by atoms with E-state index in [1.807, 2.05) is 45.9 Å². The smallest absolute Gasteiger partial charge is 0.407 e. The molecular formula is C20H31N5O3. The number of anilines is 1. The van der Waals surface area contributed by atoms with E-state index in [4.69, 9.17) is 4.74 Å². The number of carbonyl (C=O) groups is 2. The fourth-order valence-electron chi connectivity index (χ4n) is 2.83. The normalized spacial score (nSPS) is 13.7. The van der Waals surface area contributed by atoms with Crippen molar-refractivity contribution in [2.24, 2.45) is 4.99 Å². The summed E-state index contributed by atoms with van der Waals surface area (Å²) in [6.45, 7) is 9.67. The van der Waals surface area contributed by atoms with Gasteiger partial charge in [-0.2, -0.15) is 0 Å². The number of benzene rings is 1. The Morgan fingerprint density at radius 2 is 1.86 bits per heavy atom. The third-order valence-corrected chi connectivity index (χ3v) is 3.99. The van der Waals surface area contributed by atoms with E-state index in [2.05, 4.69) is 27.0 Å². The molecule has 0 saturated heterocycles. The summed E-state index contributed by atoms with van der Waals surface area (Å²) in [5.41, 5.74) is 1.64. The van der Waals surface area contributed by atoms with Crippen molar-refractivity contribution < 1.29 is 14.3 Å². The highest BCUT2D eigenvalue weighted by atomic mass is 16.6. The first-order valence-electron chi connectivity index (χ1n) is 9.67. The molecule has 0 aliphatic carbocycles. The van der Waals surface area contributed by atoms with Crippen LogP contribution in [0.2, 0.25) is 0 Å². The Kier molecular flexibility index (Phi) is 7.66. The van der Waals surface area contributed by atoms with Crippen LogP contribution in [0.5, 0.6) is 0 Å². The van der Waals surface area contributed by atoms with E-state index in [1.165, 1.54) is 5.56 Å². The summed E-state index contributed by atoms with van der Waals surface area (Å²) in [7, 11) is 0. The number of rotatable bonds is 6. The highest BCUT2D eigenvalue weighted by molar-refractivity contribution is 5.98. The van der Waals surface area contributed by atoms with Gasteiger partial charge in [-0.05, 0) is 45.7 Å². The fraction of sp³-hybridized carbons (Fsp3) is 0.550. The maximum Gasteiger partial charge on any atom is 0.407 e. The lowest BCUT2D eigenvalue weighted by Gasteiger charge is -2.20. The van der Waals surface area contributed by atoms with Crippen LogP contribution in [0.4, 0.5) is 10.5 Å². The Bertz CT molecular complexity index is 712. The lowest BCUT2D eigenvalue weighted by Crippen LogP contribution is -2.43. The van der Waals surface area contributed by atoms with Crippen molar-refractivity contribution in [3.63, 3.8) is 0 Å². The number of nitrogens with zero attached hydrogens (tertiary/aromatic N) is 2. The summed E-state index contributed by atoms with van der Waals surface area (Å²) in [5.74, 6) is 0.503. The Labute approximate surface area is 166 Å². The first-order valence-corrected chi connectivity index (χ1v) is 9.67. The molecule has 1 aromatic carbocycles. The van der Waals surface area contributed by atoms with Gasteiger partial charge in [-0.25, -0.2) is 9.79 Å². The van der Waals surface area contributed by atoms with Gasteiger partial charge in [-0.1, -0.05) is 18.2 Å². The van der Waals surface area contributed by atoms with Crippen LogP contribution in [-0.2, 0) is 16.0 Å². The number of nitrogens with one attached hydrogen (secondary N) is 3. The number of hydrogen-bond donors (Lipinski definition) is 3. The molecule has 0 spiro atoms. The first kappa shape index (κ1) is 21.5. The highest BCUT2D eigenvalue weighted by Gasteiger charge is 2.23. The van der Waals surface area contributed by atoms with Gasteiger partial charge in [-0.3, -0.25) is 4.79 Å². The van der Waals surface area contributed by atoms with Crippen molar-refractivity contribution in [3.8, 4) is 0 Å². The number of para-hydroxylation sites is 1. The number of hydrogen-bond acceptors (Lipinski definition) is 4. The van der Waals surface area contributed by atoms with E-state index in [1.54, 1.807) is 4.90 Å². The second-order valence-electron chi connectivity index (χ2n) is 7.47. The van der Waals surface area contributed by atoms with Crippen molar-refractivity contribution in [2.75, 3.05) is 37.6 Å². The SMILES string of the molecule is CCNC(=NCC(=O)N1CCc2ccccc21)NCCNC(=O)OC(C)(C)C. The number of alkyl carbamates (subject to hydrolysis) is 1. The van der Waals surface area contributed by atoms with Crippen LogP contribution < -0.4 is 20.9 Å². The molecule has 0 fully saturated rings. The van der Waals surface area contributed by atoms with Crippen LogP contribution in [0.25, 0.3) is 0 Å². The molecule has 3 N–H and O–H groups in total. The molecule has 28 heavy (non-hydrogen) atoms. The predicted octanol–water partition coefficient (Wildman–Crippen LogP) is 1.66. The molecule has 0 bridgehead atoms. The third-order valence-electron chi connectivity index (χ3n) is 3.99. The number of guanidine groups is 1. The summed E-state index contributed by atoms with van der Waals surface area (Å²) in [5, 5.41) is 8.88. The van der Waals surface area contributed by atoms with Crippen LogP contribution in [0.15, 0.2) is 29.3 Å². The summed E-state index contributed by atoms with van der Waals surface area (Å²) >= 11 is 0. The zero-order chi connectivity index (χ0) is 20.6. The Morgan fingerprint density at radius 1 is 1.14 bits per heavy atom. The van der Waals surface area contributed by atoms with Gasteiger partial charge in [0.25, 0.3) is 0 Å². The zero-order valence-corrected chi connectivity index (χ0v) is 17.2. The monoisotopic (exact) mass is 389 g/mol. The standard InChI is InChI=1S/C20H31N5O3/c1-5-21-18(22-11-12-23-19(27)28-20(2,3)4)24-14-17(26)25-13-10-15-8-6-7-9-16(15)25/h6-9H,5,10-14H2,1-4H3,(H,23,27)(H2,21,22,24). The molecule has 0 atom stereocenters. The number of amides is 2. The van der Waals surface area contributed by atoms with E-state index < -0.39 is 11.7 Å². The molecular weight excluding hydrogens is 358 g/mol. The predicted molar refractivity (Wildman–Crippen MR) is 111 cm³/mol. The molecule has 1 aliphatic heterocycles. The van der Waals surface area contributed by atoms with Crippen molar-refractivity contribution in [1.82, 2.24) is 16.0 Å². The van der Waals surface area contributed by atoms with Crippen LogP contribution in [0, 0.1) is 0 Å². The Morgan fingerprint density at radius 3 is 2.57 bits per heavy atom. The molecule has 8 nitrogen and oxygen atoms in total. The maximum absolute atomic E-state index is 12.6. The summed E-state index contributed by atoms with van der Waals surface area (Å²) in [6.07, 6.45) is 0.416. The average molecular weight is 390 g/mol. The van der Waals surface area contributed by atoms with Gasteiger partial charge in [0.1, 0.15) is 12.1 Å². The van der Waals surface area contributed by atoms with Crippen LogP contribution in [0.3, 0.4) is 0 Å². The van der Waals surface area contributed by atoms with Gasteiger partial charge in [0.05, 0.1) is 0 Å². The first-order chi connectivity index (χ1) is 13.3. The average Bonchev–Trinajstić information content (AvgIpc) is 3.05. The molecule has 2 amide bonds. The number of fused-ring (bicyclic) bond motifs is 1. The number of carbonyl (C=O) groups excluding carboxylic acids is 2. The van der Waals surface area contributed by atoms with E-state index in [-0.39, 0.29) is 12.5 Å². The van der Waals surface area contributed by atoms with Gasteiger partial charge >= 0.3 is 6.09 Å². The number of ether oxygens (including phenoxy) is 1. The van der Waals surface area contributed by atoms with Gasteiger partial charge in [0, 0.05) is 31.9 Å². The lowest BCUT2D eigenvalue weighted by atomic mass is 10.2. The van der Waals surface area contributed by atoms with Crippen molar-refractivity contribution in [2.45, 2.75) is 39.7 Å².